The van der Waals surface area contributed by atoms with Crippen LogP contribution in [0.2, 0.25) is 0 Å². The average Bonchev–Trinajstić information content (AvgIpc) is 2.92. The average molecular weight is 408 g/mol. The zero-order valence-electron chi connectivity index (χ0n) is 16.9. The largest absolute Gasteiger partial charge is 0.448 e. The van der Waals surface area contributed by atoms with Crippen molar-refractivity contribution in [3.05, 3.63) is 54.1 Å². The van der Waals surface area contributed by atoms with E-state index in [-0.39, 0.29) is 6.23 Å². The first-order chi connectivity index (χ1) is 14.2. The zero-order valence-corrected chi connectivity index (χ0v) is 17.7. The van der Waals surface area contributed by atoms with Crippen LogP contribution in [0.25, 0.3) is 11.3 Å². The van der Waals surface area contributed by atoms with E-state index in [4.69, 9.17) is 4.74 Å². The molecule has 1 aromatic heterocycles. The van der Waals surface area contributed by atoms with Crippen molar-refractivity contribution in [2.24, 2.45) is 0 Å². The van der Waals surface area contributed by atoms with Gasteiger partial charge in [0.2, 0.25) is 11.0 Å². The summed E-state index contributed by atoms with van der Waals surface area (Å²) in [6, 6.07) is 16.5. The van der Waals surface area contributed by atoms with Crippen molar-refractivity contribution in [2.45, 2.75) is 32.2 Å². The van der Waals surface area contributed by atoms with Gasteiger partial charge in [-0.15, -0.1) is 10.2 Å². The summed E-state index contributed by atoms with van der Waals surface area (Å²) in [5.41, 5.74) is 4.80. The molecule has 7 heteroatoms. The summed E-state index contributed by atoms with van der Waals surface area (Å²) in [5, 5.41) is 12.8. The summed E-state index contributed by atoms with van der Waals surface area (Å²) >= 11 is 1.55. The number of fused-ring (bicyclic) bond motifs is 3. The lowest BCUT2D eigenvalue weighted by Gasteiger charge is -2.23. The molecule has 0 saturated carbocycles. The van der Waals surface area contributed by atoms with E-state index in [0.29, 0.717) is 16.7 Å². The summed E-state index contributed by atoms with van der Waals surface area (Å²) < 4.78 is 6.31. The minimum absolute atomic E-state index is 0.362. The van der Waals surface area contributed by atoms with Gasteiger partial charge in [0.15, 0.2) is 11.9 Å². The quantitative estimate of drug-likeness (QED) is 0.577. The zero-order chi connectivity index (χ0) is 20.2. The lowest BCUT2D eigenvalue weighted by Crippen LogP contribution is -2.22. The van der Waals surface area contributed by atoms with Crippen molar-refractivity contribution in [2.75, 3.05) is 29.1 Å². The molecule has 1 aliphatic heterocycles. The summed E-state index contributed by atoms with van der Waals surface area (Å²) in [4.78, 5) is 6.95. The fourth-order valence-electron chi connectivity index (χ4n) is 3.44. The summed E-state index contributed by atoms with van der Waals surface area (Å²) in [6.45, 7) is 8.36. The monoisotopic (exact) mass is 407 g/mol. The van der Waals surface area contributed by atoms with E-state index in [9.17, 15) is 0 Å². The molecule has 29 heavy (non-hydrogen) atoms. The summed E-state index contributed by atoms with van der Waals surface area (Å²) in [6.07, 6.45) is -0.362. The van der Waals surface area contributed by atoms with Crippen molar-refractivity contribution in [1.29, 1.82) is 0 Å². The van der Waals surface area contributed by atoms with Gasteiger partial charge in [0.25, 0.3) is 0 Å². The van der Waals surface area contributed by atoms with Crippen LogP contribution in [0.4, 0.5) is 11.4 Å². The Morgan fingerprint density at radius 3 is 2.48 bits per heavy atom. The second-order valence-corrected chi connectivity index (χ2v) is 7.86. The minimum Gasteiger partial charge on any atom is -0.448 e. The molecular formula is C22H25N5OS. The molecule has 0 aliphatic carbocycles. The highest BCUT2D eigenvalue weighted by Crippen LogP contribution is 2.39. The van der Waals surface area contributed by atoms with Crippen LogP contribution >= 0.6 is 11.8 Å². The third-order valence-corrected chi connectivity index (χ3v) is 5.65. The number of hydrogen-bond donors (Lipinski definition) is 1. The number of thioether (sulfide) groups is 1. The van der Waals surface area contributed by atoms with Crippen LogP contribution in [0.1, 0.15) is 32.6 Å². The fraction of sp³-hybridized carbons (Fsp3) is 0.318. The van der Waals surface area contributed by atoms with Crippen LogP contribution in [-0.4, -0.2) is 34.0 Å². The normalized spacial score (nSPS) is 14.8. The summed E-state index contributed by atoms with van der Waals surface area (Å²) in [7, 11) is 0. The number of aromatic nitrogens is 3. The Balaban J connectivity index is 1.72. The maximum Gasteiger partial charge on any atom is 0.247 e. The van der Waals surface area contributed by atoms with Gasteiger partial charge < -0.3 is 15.0 Å². The van der Waals surface area contributed by atoms with Gasteiger partial charge in [0, 0.05) is 35.6 Å². The maximum atomic E-state index is 6.31. The van der Waals surface area contributed by atoms with Crippen LogP contribution < -0.4 is 15.0 Å². The third kappa shape index (κ3) is 4.00. The summed E-state index contributed by atoms with van der Waals surface area (Å²) in [5.74, 6) is 1.39. The van der Waals surface area contributed by atoms with E-state index >= 15 is 0 Å². The van der Waals surface area contributed by atoms with E-state index in [2.05, 4.69) is 70.4 Å². The Morgan fingerprint density at radius 2 is 1.76 bits per heavy atom. The molecule has 1 N–H and O–H groups in total. The Labute approximate surface area is 175 Å². The van der Waals surface area contributed by atoms with E-state index in [0.717, 1.165) is 35.7 Å². The number of nitrogens with one attached hydrogen (secondary N) is 1. The molecule has 1 atom stereocenters. The molecule has 0 bridgehead atoms. The number of para-hydroxylation sites is 1. The molecule has 0 fully saturated rings. The molecule has 4 rings (SSSR count). The predicted molar refractivity (Wildman–Crippen MR) is 119 cm³/mol. The number of benzene rings is 2. The van der Waals surface area contributed by atoms with E-state index in [1.807, 2.05) is 24.3 Å². The van der Waals surface area contributed by atoms with Crippen molar-refractivity contribution in [1.82, 2.24) is 15.2 Å². The molecule has 0 amide bonds. The highest BCUT2D eigenvalue weighted by Gasteiger charge is 2.26. The Kier molecular flexibility index (Phi) is 5.85. The van der Waals surface area contributed by atoms with Crippen LogP contribution in [0, 0.1) is 0 Å². The van der Waals surface area contributed by atoms with Crippen LogP contribution in [0.3, 0.4) is 0 Å². The van der Waals surface area contributed by atoms with Gasteiger partial charge in [-0.25, -0.2) is 0 Å². The first-order valence-electron chi connectivity index (χ1n) is 9.98. The van der Waals surface area contributed by atoms with Crippen LogP contribution in [0.5, 0.6) is 5.88 Å². The maximum absolute atomic E-state index is 6.31. The number of hydrogen-bond acceptors (Lipinski definition) is 7. The standard InChI is InChI=1S/C22H25N5OS/c1-4-27(5-2)16-13-11-15(12-14-16)20-23-18-10-8-7-9-17(18)19-21(28-20)24-22(26-25-19)29-6-3/h7-14,20,23H,4-6H2,1-3H3/t20-/m0/s1. The van der Waals surface area contributed by atoms with Crippen molar-refractivity contribution in [3.8, 4) is 17.1 Å². The van der Waals surface area contributed by atoms with Crippen LogP contribution in [0.15, 0.2) is 53.7 Å². The van der Waals surface area contributed by atoms with Crippen LogP contribution in [-0.2, 0) is 0 Å². The van der Waals surface area contributed by atoms with Gasteiger partial charge in [-0.05, 0) is 37.8 Å². The molecular weight excluding hydrogens is 382 g/mol. The number of nitrogens with zero attached hydrogens (tertiary/aromatic N) is 4. The first kappa shape index (κ1) is 19.5. The van der Waals surface area contributed by atoms with E-state index in [1.165, 1.54) is 5.69 Å². The van der Waals surface area contributed by atoms with Crippen molar-refractivity contribution in [3.63, 3.8) is 0 Å². The second kappa shape index (κ2) is 8.69. The lowest BCUT2D eigenvalue weighted by molar-refractivity contribution is 0.225. The molecule has 0 radical (unpaired) electrons. The molecule has 6 nitrogen and oxygen atoms in total. The third-order valence-electron chi connectivity index (χ3n) is 4.93. The first-order valence-corrected chi connectivity index (χ1v) is 11.0. The predicted octanol–water partition coefficient (Wildman–Crippen LogP) is 5.00. The number of ether oxygens (including phenoxy) is 1. The van der Waals surface area contributed by atoms with Gasteiger partial charge in [-0.3, -0.25) is 0 Å². The molecule has 2 aromatic carbocycles. The molecule has 0 unspecified atom stereocenters. The Hall–Kier alpha value is -2.80. The van der Waals surface area contributed by atoms with Gasteiger partial charge in [-0.2, -0.15) is 4.98 Å². The number of rotatable bonds is 6. The SMILES string of the molecule is CCSc1nnc2c(n1)O[C@@H](c1ccc(N(CC)CC)cc1)Nc1ccccc1-2. The molecule has 1 aliphatic rings. The minimum atomic E-state index is -0.362. The van der Waals surface area contributed by atoms with Crippen molar-refractivity contribution < 1.29 is 4.74 Å². The second-order valence-electron chi connectivity index (χ2n) is 6.63. The lowest BCUT2D eigenvalue weighted by atomic mass is 10.1. The topological polar surface area (TPSA) is 63.2 Å². The highest BCUT2D eigenvalue weighted by molar-refractivity contribution is 7.99. The molecule has 0 saturated heterocycles. The van der Waals surface area contributed by atoms with E-state index in [1.54, 1.807) is 11.8 Å². The van der Waals surface area contributed by atoms with Gasteiger partial charge in [0.05, 0.1) is 0 Å². The molecule has 3 aromatic rings. The molecule has 150 valence electrons. The van der Waals surface area contributed by atoms with Crippen molar-refractivity contribution >= 4 is 23.1 Å². The van der Waals surface area contributed by atoms with Gasteiger partial charge >= 0.3 is 0 Å². The highest BCUT2D eigenvalue weighted by atomic mass is 32.2. The number of anilines is 2. The molecule has 0 spiro atoms. The molecule has 2 heterocycles. The van der Waals surface area contributed by atoms with Gasteiger partial charge in [0.1, 0.15) is 0 Å². The fourth-order valence-corrected chi connectivity index (χ4v) is 3.94. The Bertz CT molecular complexity index is 975. The smallest absolute Gasteiger partial charge is 0.247 e. The van der Waals surface area contributed by atoms with Gasteiger partial charge in [-0.1, -0.05) is 49.0 Å². The van der Waals surface area contributed by atoms with E-state index < -0.39 is 0 Å². The Morgan fingerprint density at radius 1 is 1.00 bits per heavy atom.